The molecule has 0 bridgehead atoms. The zero-order valence-corrected chi connectivity index (χ0v) is 24.5. The molecule has 0 spiro atoms. The lowest BCUT2D eigenvalue weighted by atomic mass is 9.97. The van der Waals surface area contributed by atoms with E-state index in [1.165, 1.54) is 0 Å². The van der Waals surface area contributed by atoms with Crippen LogP contribution in [0.3, 0.4) is 0 Å². The number of hydrogen-bond acceptors (Lipinski definition) is 3. The van der Waals surface area contributed by atoms with Gasteiger partial charge in [0, 0.05) is 30.4 Å². The number of alkyl halides is 3. The lowest BCUT2D eigenvalue weighted by Gasteiger charge is -2.18. The summed E-state index contributed by atoms with van der Waals surface area (Å²) in [6, 6.07) is 7.26. The summed E-state index contributed by atoms with van der Waals surface area (Å²) in [5.74, 6) is -0.833. The minimum absolute atomic E-state index is 0.114. The summed E-state index contributed by atoms with van der Waals surface area (Å²) in [4.78, 5) is 22.9. The van der Waals surface area contributed by atoms with E-state index in [0.717, 1.165) is 35.5 Å². The van der Waals surface area contributed by atoms with E-state index < -0.39 is 12.1 Å². The Morgan fingerprint density at radius 3 is 2.54 bits per heavy atom. The Kier molecular flexibility index (Phi) is 11.5. The lowest BCUT2D eigenvalue weighted by Crippen LogP contribution is -2.24. The monoisotopic (exact) mass is 566 g/mol. The van der Waals surface area contributed by atoms with Crippen molar-refractivity contribution in [1.82, 2.24) is 9.55 Å². The van der Waals surface area contributed by atoms with Crippen molar-refractivity contribution in [2.24, 2.45) is 10.9 Å². The number of halogens is 3. The summed E-state index contributed by atoms with van der Waals surface area (Å²) in [6.07, 6.45) is 8.81. The summed E-state index contributed by atoms with van der Waals surface area (Å²) in [5, 5.41) is 2.98. The molecule has 1 aliphatic rings. The summed E-state index contributed by atoms with van der Waals surface area (Å²) < 4.78 is 42.8. The number of aromatic nitrogens is 2. The highest BCUT2D eigenvalue weighted by atomic mass is 19.4. The number of nitrogens with zero attached hydrogens (tertiary/aromatic N) is 3. The third-order valence-electron chi connectivity index (χ3n) is 7.16. The minimum atomic E-state index is -4.25. The molecule has 1 aromatic heterocycles. The fourth-order valence-corrected chi connectivity index (χ4v) is 5.06. The molecule has 1 saturated carbocycles. The normalized spacial score (nSPS) is 18.7. The van der Waals surface area contributed by atoms with Gasteiger partial charge in [-0.15, -0.1) is 0 Å². The van der Waals surface area contributed by atoms with Crippen molar-refractivity contribution in [2.45, 2.75) is 85.2 Å². The number of amides is 1. The molecular formula is C33H41F3N4O. The first-order chi connectivity index (χ1) is 19.7. The first-order valence-electron chi connectivity index (χ1n) is 14.5. The molecule has 1 N–H and O–H groups in total. The van der Waals surface area contributed by atoms with E-state index in [-0.39, 0.29) is 18.7 Å². The Morgan fingerprint density at radius 1 is 1.22 bits per heavy atom. The van der Waals surface area contributed by atoms with Gasteiger partial charge in [-0.3, -0.25) is 14.4 Å². The van der Waals surface area contributed by atoms with Gasteiger partial charge in [0.2, 0.25) is 0 Å². The smallest absolute Gasteiger partial charge is 0.321 e. The molecule has 3 rings (SSSR count). The maximum absolute atomic E-state index is 13.6. The molecular weight excluding hydrogens is 525 g/mol. The maximum atomic E-state index is 13.6. The number of allylic oxidation sites excluding steroid dienone is 5. The van der Waals surface area contributed by atoms with Crippen LogP contribution in [0, 0.1) is 5.92 Å². The molecule has 1 fully saturated rings. The molecule has 1 aromatic carbocycles. The predicted octanol–water partition coefficient (Wildman–Crippen LogP) is 9.20. The predicted molar refractivity (Wildman–Crippen MR) is 163 cm³/mol. The van der Waals surface area contributed by atoms with Gasteiger partial charge in [-0.05, 0) is 74.8 Å². The Labute approximate surface area is 241 Å². The second-order valence-corrected chi connectivity index (χ2v) is 10.1. The zero-order chi connectivity index (χ0) is 30.0. The van der Waals surface area contributed by atoms with E-state index in [9.17, 15) is 18.0 Å². The van der Waals surface area contributed by atoms with Gasteiger partial charge in [-0.2, -0.15) is 13.2 Å². The number of carbonyl (C=O) groups is 1. The fraction of sp³-hybridized carbons (Fsp3) is 0.424. The molecule has 220 valence electrons. The molecule has 2 aromatic rings. The number of benzene rings is 1. The van der Waals surface area contributed by atoms with E-state index >= 15 is 0 Å². The summed E-state index contributed by atoms with van der Waals surface area (Å²) in [7, 11) is 0. The van der Waals surface area contributed by atoms with Crippen molar-refractivity contribution in [3.63, 3.8) is 0 Å². The number of aryl methyl sites for hydroxylation is 2. The number of rotatable bonds is 10. The van der Waals surface area contributed by atoms with Crippen molar-refractivity contribution in [2.75, 3.05) is 5.32 Å². The number of anilines is 1. The van der Waals surface area contributed by atoms with E-state index in [2.05, 4.69) is 18.8 Å². The maximum Gasteiger partial charge on any atom is 0.392 e. The van der Waals surface area contributed by atoms with Crippen LogP contribution in [0.5, 0.6) is 0 Å². The van der Waals surface area contributed by atoms with Crippen LogP contribution in [0.1, 0.15) is 93.8 Å². The van der Waals surface area contributed by atoms with Gasteiger partial charge in [0.1, 0.15) is 11.5 Å². The van der Waals surface area contributed by atoms with Crippen molar-refractivity contribution in [3.05, 3.63) is 83.5 Å². The number of aliphatic imine (C=N–C) groups is 1. The molecule has 0 radical (unpaired) electrons. The van der Waals surface area contributed by atoms with E-state index in [0.29, 0.717) is 48.5 Å². The van der Waals surface area contributed by atoms with Gasteiger partial charge in [-0.25, -0.2) is 4.98 Å². The van der Waals surface area contributed by atoms with Crippen LogP contribution in [0.4, 0.5) is 18.9 Å². The van der Waals surface area contributed by atoms with Crippen molar-refractivity contribution >= 4 is 29.2 Å². The Hall–Kier alpha value is -3.68. The topological polar surface area (TPSA) is 59.3 Å². The van der Waals surface area contributed by atoms with Crippen molar-refractivity contribution in [1.29, 1.82) is 0 Å². The van der Waals surface area contributed by atoms with Crippen LogP contribution in [0.25, 0.3) is 11.9 Å². The molecule has 1 unspecified atom stereocenters. The first-order valence-corrected chi connectivity index (χ1v) is 14.5. The zero-order valence-electron chi connectivity index (χ0n) is 24.5. The SMILES string of the molecule is C=C/C=C\n1c(CCC)nc(CC)c1C(=O)Nc1ccc(C(=C\CC)/N=C2/CC(C(F)(F)F)CCC/C2=C/C)cc1. The quantitative estimate of drug-likeness (QED) is 0.230. The van der Waals surface area contributed by atoms with Crippen LogP contribution in [0.2, 0.25) is 0 Å². The average Bonchev–Trinajstić information content (AvgIpc) is 3.15. The van der Waals surface area contributed by atoms with Crippen LogP contribution < -0.4 is 5.32 Å². The number of nitrogens with one attached hydrogen (secondary N) is 1. The molecule has 1 amide bonds. The third-order valence-corrected chi connectivity index (χ3v) is 7.16. The lowest BCUT2D eigenvalue weighted by molar-refractivity contribution is -0.174. The van der Waals surface area contributed by atoms with Crippen LogP contribution in [0.15, 0.2) is 65.7 Å². The highest BCUT2D eigenvalue weighted by Crippen LogP contribution is 2.38. The van der Waals surface area contributed by atoms with Gasteiger partial charge in [-0.1, -0.05) is 57.7 Å². The third kappa shape index (κ3) is 8.18. The molecule has 8 heteroatoms. The molecule has 1 aliphatic carbocycles. The molecule has 1 atom stereocenters. The molecule has 5 nitrogen and oxygen atoms in total. The van der Waals surface area contributed by atoms with Crippen LogP contribution >= 0.6 is 0 Å². The summed E-state index contributed by atoms with van der Waals surface area (Å²) >= 11 is 0. The average molecular weight is 567 g/mol. The van der Waals surface area contributed by atoms with E-state index in [1.54, 1.807) is 30.5 Å². The largest absolute Gasteiger partial charge is 0.392 e. The van der Waals surface area contributed by atoms with Crippen molar-refractivity contribution in [3.8, 4) is 0 Å². The summed E-state index contributed by atoms with van der Waals surface area (Å²) in [5.41, 5.74) is 4.59. The number of hydrogen-bond donors (Lipinski definition) is 1. The van der Waals surface area contributed by atoms with Gasteiger partial charge >= 0.3 is 6.18 Å². The minimum Gasteiger partial charge on any atom is -0.321 e. The Bertz CT molecular complexity index is 1330. The van der Waals surface area contributed by atoms with Crippen LogP contribution in [-0.4, -0.2) is 27.3 Å². The van der Waals surface area contributed by atoms with Gasteiger partial charge in [0.15, 0.2) is 0 Å². The molecule has 1 heterocycles. The van der Waals surface area contributed by atoms with Gasteiger partial charge < -0.3 is 5.32 Å². The number of imidazole rings is 1. The standard InChI is InChI=1S/C33H41F3N4O/c1-6-11-21-40-30(14-8-3)39-27(10-5)31(40)32(41)37-26-19-17-24(18-20-26)28(13-7-2)38-29-22-25(33(34,35)36)16-12-15-23(29)9-4/h6,9,11,13,17-21,25H,1,7-8,10,12,14-16,22H2,2-5H3,(H,37,41)/b21-11-,23-9-,28-13+,38-29-. The summed E-state index contributed by atoms with van der Waals surface area (Å²) in [6.45, 7) is 11.6. The van der Waals surface area contributed by atoms with Crippen molar-refractivity contribution < 1.29 is 18.0 Å². The molecule has 41 heavy (non-hydrogen) atoms. The highest BCUT2D eigenvalue weighted by Gasteiger charge is 2.41. The second kappa shape index (κ2) is 14.8. The van der Waals surface area contributed by atoms with E-state index in [4.69, 9.17) is 9.98 Å². The van der Waals surface area contributed by atoms with Gasteiger partial charge in [0.05, 0.1) is 17.3 Å². The Morgan fingerprint density at radius 2 is 1.95 bits per heavy atom. The highest BCUT2D eigenvalue weighted by molar-refractivity contribution is 6.05. The Balaban J connectivity index is 1.90. The molecule has 0 aliphatic heterocycles. The van der Waals surface area contributed by atoms with Crippen LogP contribution in [-0.2, 0) is 12.8 Å². The van der Waals surface area contributed by atoms with Gasteiger partial charge in [0.25, 0.3) is 5.91 Å². The second-order valence-electron chi connectivity index (χ2n) is 10.1. The number of carbonyl (C=O) groups excluding carboxylic acids is 1. The first kappa shape index (κ1) is 31.8. The molecule has 0 saturated heterocycles. The fourth-order valence-electron chi connectivity index (χ4n) is 5.06. The van der Waals surface area contributed by atoms with E-state index in [1.807, 2.05) is 49.6 Å².